The van der Waals surface area contributed by atoms with Crippen molar-refractivity contribution in [2.75, 3.05) is 14.2 Å². The van der Waals surface area contributed by atoms with Gasteiger partial charge in [-0.25, -0.2) is 9.79 Å². The quantitative estimate of drug-likeness (QED) is 0.627. The van der Waals surface area contributed by atoms with E-state index in [4.69, 9.17) is 25.8 Å². The van der Waals surface area contributed by atoms with Crippen molar-refractivity contribution in [3.05, 3.63) is 64.3 Å². The number of benzene rings is 2. The summed E-state index contributed by atoms with van der Waals surface area (Å²) >= 11 is 5.86. The fourth-order valence-electron chi connectivity index (χ4n) is 2.30. The predicted octanol–water partition coefficient (Wildman–Crippen LogP) is 3.70. The molecule has 1 heterocycles. The molecule has 0 bridgehead atoms. The van der Waals surface area contributed by atoms with Gasteiger partial charge in [-0.2, -0.15) is 0 Å². The van der Waals surface area contributed by atoms with Crippen LogP contribution >= 0.6 is 11.6 Å². The smallest absolute Gasteiger partial charge is 0.363 e. The van der Waals surface area contributed by atoms with Gasteiger partial charge in [-0.05, 0) is 36.4 Å². The average molecular weight is 344 g/mol. The van der Waals surface area contributed by atoms with Crippen LogP contribution in [0, 0.1) is 0 Å². The molecule has 5 nitrogen and oxygen atoms in total. The molecule has 0 fully saturated rings. The van der Waals surface area contributed by atoms with Crippen molar-refractivity contribution in [3.8, 4) is 11.5 Å². The number of halogens is 1. The number of hydrogen-bond donors (Lipinski definition) is 0. The van der Waals surface area contributed by atoms with Crippen molar-refractivity contribution in [1.29, 1.82) is 0 Å². The minimum atomic E-state index is -0.523. The van der Waals surface area contributed by atoms with E-state index in [1.165, 1.54) is 7.11 Å². The number of hydrogen-bond acceptors (Lipinski definition) is 5. The third kappa shape index (κ3) is 3.12. The molecule has 0 aromatic heterocycles. The van der Waals surface area contributed by atoms with E-state index in [0.29, 0.717) is 27.6 Å². The number of cyclic esters (lactones) is 1. The maximum absolute atomic E-state index is 12.1. The van der Waals surface area contributed by atoms with E-state index in [0.717, 1.165) is 0 Å². The second-order valence-electron chi connectivity index (χ2n) is 4.93. The minimum Gasteiger partial charge on any atom is -0.493 e. The summed E-state index contributed by atoms with van der Waals surface area (Å²) in [6, 6.07) is 12.3. The van der Waals surface area contributed by atoms with Crippen LogP contribution in [-0.4, -0.2) is 26.1 Å². The molecule has 2 aromatic rings. The molecule has 3 rings (SSSR count). The first-order valence-corrected chi connectivity index (χ1v) is 7.49. The fourth-order valence-corrected chi connectivity index (χ4v) is 2.42. The number of para-hydroxylation sites is 1. The largest absolute Gasteiger partial charge is 0.493 e. The van der Waals surface area contributed by atoms with E-state index in [-0.39, 0.29) is 11.6 Å². The standard InChI is InChI=1S/C18H14ClNO4/c1-22-15-5-3-4-12(16(15)23-2)10-14-18(21)24-17(20-14)11-6-8-13(19)9-7-11/h3-10H,1-2H3/b14-10-. The second-order valence-corrected chi connectivity index (χ2v) is 5.36. The lowest BCUT2D eigenvalue weighted by Crippen LogP contribution is -2.05. The number of rotatable bonds is 4. The summed E-state index contributed by atoms with van der Waals surface area (Å²) in [5.41, 5.74) is 1.53. The lowest BCUT2D eigenvalue weighted by molar-refractivity contribution is -0.129. The number of esters is 1. The summed E-state index contributed by atoms with van der Waals surface area (Å²) in [5.74, 6) is 0.810. The maximum Gasteiger partial charge on any atom is 0.363 e. The highest BCUT2D eigenvalue weighted by Crippen LogP contribution is 2.33. The number of aliphatic imine (C=N–C) groups is 1. The van der Waals surface area contributed by atoms with Gasteiger partial charge in [0.2, 0.25) is 5.90 Å². The molecule has 24 heavy (non-hydrogen) atoms. The molecule has 0 saturated carbocycles. The zero-order chi connectivity index (χ0) is 17.1. The summed E-state index contributed by atoms with van der Waals surface area (Å²) in [4.78, 5) is 16.3. The normalized spacial score (nSPS) is 15.2. The molecule has 0 aliphatic carbocycles. The van der Waals surface area contributed by atoms with Gasteiger partial charge < -0.3 is 14.2 Å². The summed E-state index contributed by atoms with van der Waals surface area (Å²) in [7, 11) is 3.09. The number of methoxy groups -OCH3 is 2. The van der Waals surface area contributed by atoms with E-state index < -0.39 is 5.97 Å². The molecule has 1 aliphatic rings. The third-order valence-electron chi connectivity index (χ3n) is 3.44. The first kappa shape index (κ1) is 16.1. The van der Waals surface area contributed by atoms with Crippen LogP contribution in [0.2, 0.25) is 5.02 Å². The van der Waals surface area contributed by atoms with Gasteiger partial charge in [0, 0.05) is 16.1 Å². The van der Waals surface area contributed by atoms with Crippen LogP contribution in [0.5, 0.6) is 11.5 Å². The van der Waals surface area contributed by atoms with Gasteiger partial charge in [0.25, 0.3) is 0 Å². The zero-order valence-electron chi connectivity index (χ0n) is 13.1. The lowest BCUT2D eigenvalue weighted by Gasteiger charge is -2.09. The van der Waals surface area contributed by atoms with E-state index >= 15 is 0 Å². The van der Waals surface area contributed by atoms with Gasteiger partial charge in [-0.1, -0.05) is 23.7 Å². The van der Waals surface area contributed by atoms with Crippen LogP contribution in [0.4, 0.5) is 0 Å². The molecule has 0 amide bonds. The number of ether oxygens (including phenoxy) is 3. The lowest BCUT2D eigenvalue weighted by atomic mass is 10.1. The molecule has 0 unspecified atom stereocenters. The Morgan fingerprint density at radius 2 is 1.83 bits per heavy atom. The predicted molar refractivity (Wildman–Crippen MR) is 91.6 cm³/mol. The van der Waals surface area contributed by atoms with Crippen LogP contribution in [0.3, 0.4) is 0 Å². The Kier molecular flexibility index (Phi) is 4.53. The van der Waals surface area contributed by atoms with Crippen LogP contribution < -0.4 is 9.47 Å². The van der Waals surface area contributed by atoms with E-state index in [1.807, 2.05) is 0 Å². The Labute approximate surface area is 144 Å². The number of carbonyl (C=O) groups is 1. The fraction of sp³-hybridized carbons (Fsp3) is 0.111. The zero-order valence-corrected chi connectivity index (χ0v) is 13.8. The molecule has 0 spiro atoms. The van der Waals surface area contributed by atoms with E-state index in [9.17, 15) is 4.79 Å². The Bertz CT molecular complexity index is 841. The van der Waals surface area contributed by atoms with E-state index in [1.54, 1.807) is 55.7 Å². The molecule has 0 N–H and O–H groups in total. The number of nitrogens with zero attached hydrogens (tertiary/aromatic N) is 1. The first-order chi connectivity index (χ1) is 11.6. The van der Waals surface area contributed by atoms with Crippen molar-refractivity contribution in [2.24, 2.45) is 4.99 Å². The Balaban J connectivity index is 1.99. The van der Waals surface area contributed by atoms with Crippen molar-refractivity contribution in [1.82, 2.24) is 0 Å². The van der Waals surface area contributed by atoms with Gasteiger partial charge >= 0.3 is 5.97 Å². The SMILES string of the molecule is COc1cccc(/C=C2\N=C(c3ccc(Cl)cc3)OC2=O)c1OC. The minimum absolute atomic E-state index is 0.187. The van der Waals surface area contributed by atoms with Crippen LogP contribution in [0.25, 0.3) is 6.08 Å². The summed E-state index contributed by atoms with van der Waals surface area (Å²) in [6.45, 7) is 0. The van der Waals surface area contributed by atoms with Crippen LogP contribution in [0.1, 0.15) is 11.1 Å². The third-order valence-corrected chi connectivity index (χ3v) is 3.69. The molecular weight excluding hydrogens is 330 g/mol. The summed E-state index contributed by atoms with van der Waals surface area (Å²) in [5, 5.41) is 0.598. The molecule has 6 heteroatoms. The van der Waals surface area contributed by atoms with E-state index in [2.05, 4.69) is 4.99 Å². The monoisotopic (exact) mass is 343 g/mol. The van der Waals surface area contributed by atoms with Crippen molar-refractivity contribution < 1.29 is 19.0 Å². The Morgan fingerprint density at radius 3 is 2.50 bits per heavy atom. The highest BCUT2D eigenvalue weighted by atomic mass is 35.5. The van der Waals surface area contributed by atoms with Gasteiger partial charge in [0.1, 0.15) is 0 Å². The van der Waals surface area contributed by atoms with Gasteiger partial charge in [-0.15, -0.1) is 0 Å². The molecular formula is C18H14ClNO4. The summed E-state index contributed by atoms with van der Waals surface area (Å²) in [6.07, 6.45) is 1.60. The van der Waals surface area contributed by atoms with Crippen molar-refractivity contribution >= 4 is 29.5 Å². The molecule has 122 valence electrons. The van der Waals surface area contributed by atoms with Gasteiger partial charge in [-0.3, -0.25) is 0 Å². The molecule has 1 aliphatic heterocycles. The Morgan fingerprint density at radius 1 is 1.08 bits per heavy atom. The highest BCUT2D eigenvalue weighted by molar-refractivity contribution is 6.30. The summed E-state index contributed by atoms with van der Waals surface area (Å²) < 4.78 is 15.8. The van der Waals surface area contributed by atoms with Gasteiger partial charge in [0.05, 0.1) is 14.2 Å². The molecule has 0 saturated heterocycles. The Hall–Kier alpha value is -2.79. The number of carbonyl (C=O) groups excluding carboxylic acids is 1. The maximum atomic E-state index is 12.1. The first-order valence-electron chi connectivity index (χ1n) is 7.12. The van der Waals surface area contributed by atoms with Gasteiger partial charge in [0.15, 0.2) is 17.2 Å². The topological polar surface area (TPSA) is 57.1 Å². The highest BCUT2D eigenvalue weighted by Gasteiger charge is 2.24. The molecule has 0 atom stereocenters. The van der Waals surface area contributed by atoms with Crippen LogP contribution in [0.15, 0.2) is 53.2 Å². The average Bonchev–Trinajstić information content (AvgIpc) is 2.96. The van der Waals surface area contributed by atoms with Crippen molar-refractivity contribution in [3.63, 3.8) is 0 Å². The second kappa shape index (κ2) is 6.76. The molecule has 2 aromatic carbocycles. The van der Waals surface area contributed by atoms with Crippen molar-refractivity contribution in [2.45, 2.75) is 0 Å². The molecule has 0 radical (unpaired) electrons. The van der Waals surface area contributed by atoms with Crippen LogP contribution in [-0.2, 0) is 9.53 Å².